The number of anilines is 1. The molecule has 0 radical (unpaired) electrons. The molecule has 1 rings (SSSR count). The SMILES string of the molecule is CSCCCCCCNc1cccnc1C(N)=S. The van der Waals surface area contributed by atoms with Gasteiger partial charge in [0.15, 0.2) is 0 Å². The lowest BCUT2D eigenvalue weighted by Crippen LogP contribution is -2.15. The molecule has 0 bridgehead atoms. The van der Waals surface area contributed by atoms with Crippen LogP contribution in [0.25, 0.3) is 0 Å². The smallest absolute Gasteiger partial charge is 0.124 e. The van der Waals surface area contributed by atoms with Crippen LogP contribution in [0, 0.1) is 0 Å². The highest BCUT2D eigenvalue weighted by Gasteiger charge is 2.04. The van der Waals surface area contributed by atoms with Gasteiger partial charge in [0.25, 0.3) is 0 Å². The Morgan fingerprint density at radius 2 is 2.17 bits per heavy atom. The van der Waals surface area contributed by atoms with E-state index in [1.807, 2.05) is 23.9 Å². The van der Waals surface area contributed by atoms with E-state index in [1.165, 1.54) is 31.4 Å². The number of thioether (sulfide) groups is 1. The van der Waals surface area contributed by atoms with E-state index in [9.17, 15) is 0 Å². The third-order valence-electron chi connectivity index (χ3n) is 2.63. The van der Waals surface area contributed by atoms with Gasteiger partial charge in [-0.2, -0.15) is 11.8 Å². The summed E-state index contributed by atoms with van der Waals surface area (Å²) < 4.78 is 0. The Balaban J connectivity index is 2.25. The molecule has 0 saturated carbocycles. The molecule has 0 aliphatic rings. The van der Waals surface area contributed by atoms with Crippen LogP contribution < -0.4 is 11.1 Å². The molecule has 0 aromatic carbocycles. The number of hydrogen-bond donors (Lipinski definition) is 2. The zero-order valence-electron chi connectivity index (χ0n) is 10.8. The average molecular weight is 283 g/mol. The van der Waals surface area contributed by atoms with Gasteiger partial charge in [-0.25, -0.2) is 0 Å². The van der Waals surface area contributed by atoms with Gasteiger partial charge in [-0.05, 0) is 37.0 Å². The summed E-state index contributed by atoms with van der Waals surface area (Å²) in [4.78, 5) is 4.53. The van der Waals surface area contributed by atoms with Crippen LogP contribution in [-0.2, 0) is 0 Å². The highest BCUT2D eigenvalue weighted by atomic mass is 32.2. The van der Waals surface area contributed by atoms with Crippen LogP contribution >= 0.6 is 24.0 Å². The minimum atomic E-state index is 0.345. The number of rotatable bonds is 9. The van der Waals surface area contributed by atoms with Gasteiger partial charge in [0.05, 0.1) is 5.69 Å². The highest BCUT2D eigenvalue weighted by molar-refractivity contribution is 7.98. The number of hydrogen-bond acceptors (Lipinski definition) is 4. The molecule has 0 saturated heterocycles. The molecule has 0 fully saturated rings. The Bertz CT molecular complexity index is 369. The fourth-order valence-corrected chi connectivity index (χ4v) is 2.35. The molecule has 3 N–H and O–H groups in total. The number of nitrogens with two attached hydrogens (primary N) is 1. The summed E-state index contributed by atoms with van der Waals surface area (Å²) in [5.41, 5.74) is 7.26. The molecule has 1 heterocycles. The molecule has 5 heteroatoms. The number of aromatic nitrogens is 1. The summed E-state index contributed by atoms with van der Waals surface area (Å²) >= 11 is 6.89. The van der Waals surface area contributed by atoms with Gasteiger partial charge in [-0.15, -0.1) is 0 Å². The van der Waals surface area contributed by atoms with Crippen LogP contribution in [0.15, 0.2) is 18.3 Å². The van der Waals surface area contributed by atoms with E-state index in [-0.39, 0.29) is 0 Å². The summed E-state index contributed by atoms with van der Waals surface area (Å²) in [6.45, 7) is 0.945. The second-order valence-corrected chi connectivity index (χ2v) is 5.52. The number of thiocarbonyl (C=S) groups is 1. The van der Waals surface area contributed by atoms with Crippen molar-refractivity contribution in [1.82, 2.24) is 4.98 Å². The first-order valence-corrected chi connectivity index (χ1v) is 8.03. The third-order valence-corrected chi connectivity index (χ3v) is 3.52. The van der Waals surface area contributed by atoms with E-state index in [1.54, 1.807) is 6.20 Å². The largest absolute Gasteiger partial charge is 0.388 e. The second-order valence-electron chi connectivity index (χ2n) is 4.10. The Hall–Kier alpha value is -0.810. The van der Waals surface area contributed by atoms with E-state index < -0.39 is 0 Å². The normalized spacial score (nSPS) is 10.3. The van der Waals surface area contributed by atoms with Gasteiger partial charge in [-0.3, -0.25) is 4.98 Å². The quantitative estimate of drug-likeness (QED) is 0.539. The molecule has 1 aromatic heterocycles. The van der Waals surface area contributed by atoms with E-state index in [4.69, 9.17) is 18.0 Å². The van der Waals surface area contributed by atoms with Gasteiger partial charge >= 0.3 is 0 Å². The molecular formula is C13H21N3S2. The minimum Gasteiger partial charge on any atom is -0.388 e. The highest BCUT2D eigenvalue weighted by Crippen LogP contribution is 2.12. The maximum Gasteiger partial charge on any atom is 0.124 e. The lowest BCUT2D eigenvalue weighted by molar-refractivity contribution is 0.689. The van der Waals surface area contributed by atoms with Crippen molar-refractivity contribution in [2.75, 3.05) is 23.9 Å². The Kier molecular flexibility index (Phi) is 7.76. The molecule has 0 spiro atoms. The zero-order chi connectivity index (χ0) is 13.2. The Morgan fingerprint density at radius 1 is 1.39 bits per heavy atom. The first-order valence-electron chi connectivity index (χ1n) is 6.23. The maximum absolute atomic E-state index is 5.63. The van der Waals surface area contributed by atoms with E-state index >= 15 is 0 Å². The first kappa shape index (κ1) is 15.2. The fourth-order valence-electron chi connectivity index (χ4n) is 1.69. The standard InChI is InChI=1S/C13H21N3S2/c1-18-10-5-3-2-4-8-15-11-7-6-9-16-12(11)13(14)17/h6-7,9,15H,2-5,8,10H2,1H3,(H2,14,17). The van der Waals surface area contributed by atoms with E-state index in [2.05, 4.69) is 16.6 Å². The summed E-state index contributed by atoms with van der Waals surface area (Å²) in [5.74, 6) is 1.27. The van der Waals surface area contributed by atoms with Crippen LogP contribution in [0.1, 0.15) is 31.4 Å². The summed E-state index contributed by atoms with van der Waals surface area (Å²) in [6, 6.07) is 3.86. The maximum atomic E-state index is 5.63. The number of pyridine rings is 1. The van der Waals surface area contributed by atoms with Crippen LogP contribution in [0.3, 0.4) is 0 Å². The summed E-state index contributed by atoms with van der Waals surface area (Å²) in [5, 5.41) is 3.35. The van der Waals surface area contributed by atoms with Crippen LogP contribution in [-0.4, -0.2) is 28.5 Å². The van der Waals surface area contributed by atoms with Gasteiger partial charge in [0, 0.05) is 12.7 Å². The monoisotopic (exact) mass is 283 g/mol. The minimum absolute atomic E-state index is 0.345. The lowest BCUT2D eigenvalue weighted by Gasteiger charge is -2.09. The van der Waals surface area contributed by atoms with Gasteiger partial charge < -0.3 is 11.1 Å². The third kappa shape index (κ3) is 5.69. The topological polar surface area (TPSA) is 50.9 Å². The van der Waals surface area contributed by atoms with E-state index in [0.29, 0.717) is 10.7 Å². The molecule has 0 unspecified atom stereocenters. The molecule has 0 amide bonds. The number of nitrogens with one attached hydrogen (secondary N) is 1. The molecule has 100 valence electrons. The molecule has 0 aliphatic carbocycles. The Morgan fingerprint density at radius 3 is 2.89 bits per heavy atom. The fraction of sp³-hybridized carbons (Fsp3) is 0.538. The zero-order valence-corrected chi connectivity index (χ0v) is 12.4. The second kappa shape index (κ2) is 9.16. The summed E-state index contributed by atoms with van der Waals surface area (Å²) in [6.07, 6.45) is 8.91. The predicted molar refractivity (Wildman–Crippen MR) is 85.5 cm³/mol. The Labute approximate surface area is 119 Å². The van der Waals surface area contributed by atoms with Gasteiger partial charge in [-0.1, -0.05) is 25.1 Å². The van der Waals surface area contributed by atoms with Crippen molar-refractivity contribution in [2.24, 2.45) is 5.73 Å². The van der Waals surface area contributed by atoms with Crippen molar-refractivity contribution in [2.45, 2.75) is 25.7 Å². The number of nitrogens with zero attached hydrogens (tertiary/aromatic N) is 1. The molecule has 0 aliphatic heterocycles. The van der Waals surface area contributed by atoms with Crippen LogP contribution in [0.4, 0.5) is 5.69 Å². The van der Waals surface area contributed by atoms with Crippen molar-refractivity contribution in [3.05, 3.63) is 24.0 Å². The molecule has 1 aromatic rings. The predicted octanol–water partition coefficient (Wildman–Crippen LogP) is 3.05. The van der Waals surface area contributed by atoms with Crippen LogP contribution in [0.5, 0.6) is 0 Å². The molecule has 3 nitrogen and oxygen atoms in total. The van der Waals surface area contributed by atoms with E-state index in [0.717, 1.165) is 12.2 Å². The molecular weight excluding hydrogens is 262 g/mol. The van der Waals surface area contributed by atoms with Crippen molar-refractivity contribution in [3.8, 4) is 0 Å². The van der Waals surface area contributed by atoms with Gasteiger partial charge in [0.2, 0.25) is 0 Å². The van der Waals surface area contributed by atoms with Crippen molar-refractivity contribution in [1.29, 1.82) is 0 Å². The number of unbranched alkanes of at least 4 members (excludes halogenated alkanes) is 3. The molecule has 0 atom stereocenters. The van der Waals surface area contributed by atoms with Gasteiger partial charge in [0.1, 0.15) is 10.7 Å². The van der Waals surface area contributed by atoms with Crippen molar-refractivity contribution < 1.29 is 0 Å². The average Bonchev–Trinajstić information content (AvgIpc) is 2.38. The van der Waals surface area contributed by atoms with Crippen LogP contribution in [0.2, 0.25) is 0 Å². The lowest BCUT2D eigenvalue weighted by atomic mass is 10.2. The first-order chi connectivity index (χ1) is 8.75. The summed E-state index contributed by atoms with van der Waals surface area (Å²) in [7, 11) is 0. The van der Waals surface area contributed by atoms with Crippen molar-refractivity contribution in [3.63, 3.8) is 0 Å². The van der Waals surface area contributed by atoms with Crippen molar-refractivity contribution >= 4 is 34.7 Å². The molecule has 18 heavy (non-hydrogen) atoms.